The lowest BCUT2D eigenvalue weighted by Crippen LogP contribution is -2.66. The van der Waals surface area contributed by atoms with Crippen molar-refractivity contribution in [1.29, 1.82) is 0 Å². The molecule has 3 heterocycles. The predicted octanol–water partition coefficient (Wildman–Crippen LogP) is 6.05. The monoisotopic (exact) mass is 1470 g/mol. The van der Waals surface area contributed by atoms with Crippen LogP contribution in [-0.2, 0) is 62.3 Å². The molecular formula is C74H118ClF3N12O13. The van der Waals surface area contributed by atoms with E-state index in [0.717, 1.165) is 72.5 Å². The minimum Gasteiger partial charge on any atom is -0.343 e. The molecule has 25 nitrogen and oxygen atoms in total. The molecule has 3 unspecified atom stereocenters. The molecule has 11 atom stereocenters. The second kappa shape index (κ2) is 37.6. The van der Waals surface area contributed by atoms with Crippen molar-refractivity contribution in [1.82, 2.24) is 60.0 Å². The number of likely N-dealkylation sites (tertiary alicyclic amines) is 1. The maximum Gasteiger partial charge on any atom is 0.393 e. The van der Waals surface area contributed by atoms with E-state index >= 15 is 28.8 Å². The number of likely N-dealkylation sites (N-methyl/N-ethyl adjacent to an activating group) is 7. The standard InChI is InChI=1S/C74H118ClF3N12O13/c1-12-47(4)63-70(101)84(7)44-61(94)82(5)45-62(95)86(9)57(40-48-24-16-13-17-25-48)68(99)83(6)43-59(92)79-54(31-29-49-28-30-52(53(75)39-49)74(76,77)78)67(98)90-37-32-51(91)41-56(90)66(97)81-73(33-20-21-34-73)72(103)88(11)64(50-26-18-14-19-27-50)71(102)87(10)58(69(100)89-35-22-15-23-36-89)42-60(93)85(8)55(38-46(2)3)65(96)80-63/h46-50,52-58,63-64H,12-45H2,1-11H3,(H,79,92)(H,80,96)(H,81,97)/t47-,49?,52?,53?,54-,55-,56-,57-,58-,63-,64-/m0/s1. The van der Waals surface area contributed by atoms with Crippen LogP contribution in [0.15, 0.2) is 0 Å². The third-order valence-electron chi connectivity index (χ3n) is 23.6. The number of carbonyl (C=O) groups is 13. The van der Waals surface area contributed by atoms with E-state index in [2.05, 4.69) is 16.0 Å². The number of alkyl halides is 4. The lowest BCUT2D eigenvalue weighted by atomic mass is 9.78. The van der Waals surface area contributed by atoms with Gasteiger partial charge in [-0.15, -0.1) is 11.6 Å². The number of hydrogen-bond acceptors (Lipinski definition) is 13. The Kier molecular flexibility index (Phi) is 30.5. The number of rotatable bonds is 11. The fourth-order valence-electron chi connectivity index (χ4n) is 16.8. The highest BCUT2D eigenvalue weighted by Crippen LogP contribution is 2.44. The summed E-state index contributed by atoms with van der Waals surface area (Å²) in [5.41, 5.74) is -1.68. The molecule has 0 bridgehead atoms. The highest BCUT2D eigenvalue weighted by atomic mass is 35.5. The smallest absolute Gasteiger partial charge is 0.343 e. The maximum absolute atomic E-state index is 15.9. The summed E-state index contributed by atoms with van der Waals surface area (Å²) < 4.78 is 42.2. The molecule has 580 valence electrons. The molecule has 0 aromatic carbocycles. The van der Waals surface area contributed by atoms with E-state index in [-0.39, 0.29) is 88.4 Å². The van der Waals surface area contributed by atoms with Gasteiger partial charge in [0.2, 0.25) is 70.9 Å². The second-order valence-electron chi connectivity index (χ2n) is 31.6. The van der Waals surface area contributed by atoms with E-state index in [4.69, 9.17) is 11.6 Å². The first-order chi connectivity index (χ1) is 48.6. The van der Waals surface area contributed by atoms with Gasteiger partial charge < -0.3 is 60.0 Å². The average Bonchev–Trinajstić information content (AvgIpc) is 1.70. The maximum atomic E-state index is 15.9. The molecule has 4 saturated carbocycles. The molecule has 1 spiro atoms. The van der Waals surface area contributed by atoms with Gasteiger partial charge in [0.25, 0.3) is 0 Å². The zero-order valence-electron chi connectivity index (χ0n) is 63.0. The summed E-state index contributed by atoms with van der Waals surface area (Å²) in [4.78, 5) is 205. The predicted molar refractivity (Wildman–Crippen MR) is 380 cm³/mol. The van der Waals surface area contributed by atoms with E-state index < -0.39 is 186 Å². The van der Waals surface area contributed by atoms with Crippen molar-refractivity contribution in [2.75, 3.05) is 88.6 Å². The van der Waals surface area contributed by atoms with Crippen molar-refractivity contribution < 1.29 is 75.5 Å². The number of hydrogen-bond donors (Lipinski definition) is 3. The van der Waals surface area contributed by atoms with Crippen molar-refractivity contribution in [3.05, 3.63) is 0 Å². The van der Waals surface area contributed by atoms with E-state index in [9.17, 15) is 46.7 Å². The third-order valence-corrected chi connectivity index (χ3v) is 24.1. The lowest BCUT2D eigenvalue weighted by molar-refractivity contribution is -0.182. The van der Waals surface area contributed by atoms with Gasteiger partial charge >= 0.3 is 6.18 Å². The first-order valence-corrected chi connectivity index (χ1v) is 38.6. The highest BCUT2D eigenvalue weighted by Gasteiger charge is 2.52. The summed E-state index contributed by atoms with van der Waals surface area (Å²) in [6, 6.07) is -9.19. The topological polar surface area (TPSA) is 287 Å². The van der Waals surface area contributed by atoms with Crippen molar-refractivity contribution >= 4 is 88.3 Å². The summed E-state index contributed by atoms with van der Waals surface area (Å²) >= 11 is 6.41. The molecule has 0 aromatic rings. The van der Waals surface area contributed by atoms with Crippen molar-refractivity contribution in [3.63, 3.8) is 0 Å². The van der Waals surface area contributed by atoms with Crippen LogP contribution in [0.1, 0.15) is 207 Å². The van der Waals surface area contributed by atoms with Crippen molar-refractivity contribution in [3.8, 4) is 0 Å². The Morgan fingerprint density at radius 1 is 0.583 bits per heavy atom. The van der Waals surface area contributed by atoms with E-state index in [1.54, 1.807) is 11.8 Å². The van der Waals surface area contributed by atoms with Gasteiger partial charge in [-0.05, 0) is 119 Å². The quantitative estimate of drug-likeness (QED) is 0.199. The van der Waals surface area contributed by atoms with Crippen LogP contribution in [0.2, 0.25) is 0 Å². The molecule has 4 aliphatic carbocycles. The molecular weight excluding hydrogens is 1360 g/mol. The number of carbonyl (C=O) groups excluding carboxylic acids is 13. The Hall–Kier alpha value is -6.61. The lowest BCUT2D eigenvalue weighted by Gasteiger charge is -2.44. The highest BCUT2D eigenvalue weighted by molar-refractivity contribution is 6.21. The molecule has 0 radical (unpaired) electrons. The molecule has 29 heteroatoms. The van der Waals surface area contributed by atoms with Gasteiger partial charge in [-0.2, -0.15) is 13.2 Å². The van der Waals surface area contributed by atoms with Crippen molar-refractivity contribution in [2.24, 2.45) is 35.5 Å². The summed E-state index contributed by atoms with van der Waals surface area (Å²) in [5, 5.41) is 7.44. The number of nitrogens with one attached hydrogen (secondary N) is 3. The molecule has 7 aliphatic rings. The Labute approximate surface area is 612 Å². The van der Waals surface area contributed by atoms with Crippen LogP contribution in [0.25, 0.3) is 0 Å². The Morgan fingerprint density at radius 2 is 1.17 bits per heavy atom. The van der Waals surface area contributed by atoms with Gasteiger partial charge in [0.05, 0.1) is 32.0 Å². The first-order valence-electron chi connectivity index (χ1n) is 38.1. The Bertz CT molecular complexity index is 3030. The fraction of sp³-hybridized carbons (Fsp3) is 0.824. The average molecular weight is 1480 g/mol. The fourth-order valence-corrected chi connectivity index (χ4v) is 17.4. The normalized spacial score (nSPS) is 29.7. The molecule has 103 heavy (non-hydrogen) atoms. The van der Waals surface area contributed by atoms with Crippen LogP contribution >= 0.6 is 11.6 Å². The Balaban J connectivity index is 1.30. The summed E-state index contributed by atoms with van der Waals surface area (Å²) in [6.45, 7) is 6.05. The summed E-state index contributed by atoms with van der Waals surface area (Å²) in [6.07, 6.45) is 5.72. The van der Waals surface area contributed by atoms with Gasteiger partial charge in [-0.25, -0.2) is 0 Å². The minimum atomic E-state index is -4.54. The van der Waals surface area contributed by atoms with Crippen LogP contribution in [0, 0.1) is 35.5 Å². The van der Waals surface area contributed by atoms with Gasteiger partial charge in [-0.1, -0.05) is 98.3 Å². The number of Topliss-reactive ketones (excluding diaryl/α,β-unsaturated/α-hetero) is 1. The van der Waals surface area contributed by atoms with Crippen LogP contribution in [0.5, 0.6) is 0 Å². The molecule has 3 saturated heterocycles. The number of nitrogens with zero attached hydrogens (tertiary/aromatic N) is 9. The molecule has 3 N–H and O–H groups in total. The van der Waals surface area contributed by atoms with E-state index in [0.29, 0.717) is 58.0 Å². The largest absolute Gasteiger partial charge is 0.393 e. The first kappa shape index (κ1) is 83.7. The zero-order valence-corrected chi connectivity index (χ0v) is 63.7. The van der Waals surface area contributed by atoms with Gasteiger partial charge in [-0.3, -0.25) is 62.3 Å². The molecule has 0 aromatic heterocycles. The summed E-state index contributed by atoms with van der Waals surface area (Å²) in [5.74, 6) is -11.8. The van der Waals surface area contributed by atoms with Gasteiger partial charge in [0.1, 0.15) is 53.6 Å². The van der Waals surface area contributed by atoms with Gasteiger partial charge in [0.15, 0.2) is 0 Å². The van der Waals surface area contributed by atoms with Crippen LogP contribution in [-0.4, -0.2) is 269 Å². The van der Waals surface area contributed by atoms with E-state index in [1.807, 2.05) is 20.8 Å². The molecule has 3 aliphatic heterocycles. The molecule has 12 amide bonds. The molecule has 7 rings (SSSR count). The van der Waals surface area contributed by atoms with Crippen LogP contribution in [0.3, 0.4) is 0 Å². The van der Waals surface area contributed by atoms with Crippen LogP contribution < -0.4 is 16.0 Å². The number of amides is 12. The zero-order chi connectivity index (χ0) is 75.9. The Morgan fingerprint density at radius 3 is 1.78 bits per heavy atom. The summed E-state index contributed by atoms with van der Waals surface area (Å²) in [7, 11) is 9.94. The number of halogens is 4. The number of ketones is 1. The SMILES string of the molecule is CC[C@H](C)[C@@H]1NC(=O)[C@H](CC(C)C)N(C)C(=O)C[C@@H](C(=O)N2CCCCC2)N(C)C(=O)[C@H](C2CCCCC2)N(C)C(=O)C2(CCCC2)NC(=O)[C@@H]2CC(=O)CCN2C(=O)[C@H](CCC2CCC(C(F)(F)F)C(Cl)C2)NC(=O)CN(C)C(=O)[C@H](CC2CCCCC2)N(C)C(=O)CN(C)C(=O)CN(C)C1=O. The van der Waals surface area contributed by atoms with E-state index in [1.165, 1.54) is 73.8 Å². The number of piperidine rings is 2. The third kappa shape index (κ3) is 21.6. The second-order valence-corrected chi connectivity index (χ2v) is 32.2. The van der Waals surface area contributed by atoms with Crippen molar-refractivity contribution in [2.45, 2.75) is 267 Å². The van der Waals surface area contributed by atoms with Crippen LogP contribution in [0.4, 0.5) is 13.2 Å². The van der Waals surface area contributed by atoms with Gasteiger partial charge in [0, 0.05) is 87.2 Å². The minimum absolute atomic E-state index is 0.00694. The molecule has 7 fully saturated rings. The number of fused-ring (bicyclic) bond motifs is 1.